The summed E-state index contributed by atoms with van der Waals surface area (Å²) in [7, 11) is 1.50. The van der Waals surface area contributed by atoms with Crippen LogP contribution in [0.4, 0.5) is 0 Å². The second kappa shape index (κ2) is 8.73. The molecular weight excluding hydrogens is 398 g/mol. The zero-order chi connectivity index (χ0) is 21.1. The molecule has 0 aliphatic carbocycles. The van der Waals surface area contributed by atoms with E-state index in [0.29, 0.717) is 17.7 Å². The SMILES string of the molecule is COc1cc(SC)ccc1C(=O)N[C@@H]1CCN2C(=O)[C@@H](CC(=O)O)NC(=O)[C@@H]2C1. The van der Waals surface area contributed by atoms with Crippen molar-refractivity contribution >= 4 is 35.5 Å². The fraction of sp³-hybridized carbons (Fsp3) is 0.474. The second-order valence-electron chi connectivity index (χ2n) is 6.97. The van der Waals surface area contributed by atoms with Gasteiger partial charge in [0.1, 0.15) is 17.8 Å². The molecule has 0 aromatic heterocycles. The minimum absolute atomic E-state index is 0.272. The summed E-state index contributed by atoms with van der Waals surface area (Å²) in [5.41, 5.74) is 0.401. The van der Waals surface area contributed by atoms with Crippen LogP contribution in [0.5, 0.6) is 5.75 Å². The summed E-state index contributed by atoms with van der Waals surface area (Å²) >= 11 is 1.54. The zero-order valence-corrected chi connectivity index (χ0v) is 17.0. The number of nitrogens with one attached hydrogen (secondary N) is 2. The molecule has 0 radical (unpaired) electrons. The van der Waals surface area contributed by atoms with Crippen LogP contribution in [0.15, 0.2) is 23.1 Å². The van der Waals surface area contributed by atoms with Crippen molar-refractivity contribution in [1.29, 1.82) is 0 Å². The van der Waals surface area contributed by atoms with E-state index in [2.05, 4.69) is 10.6 Å². The van der Waals surface area contributed by atoms with Gasteiger partial charge in [0.15, 0.2) is 0 Å². The second-order valence-corrected chi connectivity index (χ2v) is 7.85. The maximum Gasteiger partial charge on any atom is 0.305 e. The molecule has 2 aliphatic heterocycles. The molecule has 156 valence electrons. The van der Waals surface area contributed by atoms with E-state index < -0.39 is 36.3 Å². The van der Waals surface area contributed by atoms with Crippen LogP contribution in [0.25, 0.3) is 0 Å². The lowest BCUT2D eigenvalue weighted by Crippen LogP contribution is -2.67. The summed E-state index contributed by atoms with van der Waals surface area (Å²) in [5, 5.41) is 14.3. The topological polar surface area (TPSA) is 125 Å². The quantitative estimate of drug-likeness (QED) is 0.571. The molecule has 3 N–H and O–H groups in total. The molecule has 9 nitrogen and oxygen atoms in total. The maximum absolute atomic E-state index is 12.7. The Morgan fingerprint density at radius 3 is 2.79 bits per heavy atom. The van der Waals surface area contributed by atoms with Crippen molar-refractivity contribution in [3.8, 4) is 5.75 Å². The van der Waals surface area contributed by atoms with E-state index >= 15 is 0 Å². The Labute approximate surface area is 172 Å². The molecule has 2 aliphatic rings. The number of carbonyl (C=O) groups is 4. The summed E-state index contributed by atoms with van der Waals surface area (Å²) in [6.07, 6.45) is 2.24. The normalized spacial score (nSPS) is 23.8. The van der Waals surface area contributed by atoms with Gasteiger partial charge in [-0.05, 0) is 37.3 Å². The number of methoxy groups -OCH3 is 1. The van der Waals surface area contributed by atoms with Crippen LogP contribution in [0, 0.1) is 0 Å². The number of rotatable bonds is 6. The van der Waals surface area contributed by atoms with Gasteiger partial charge in [0.2, 0.25) is 11.8 Å². The number of amides is 3. The Kier molecular flexibility index (Phi) is 6.31. The third-order valence-electron chi connectivity index (χ3n) is 5.17. The molecule has 2 fully saturated rings. The molecular formula is C19H23N3O6S. The molecule has 0 spiro atoms. The van der Waals surface area contributed by atoms with E-state index in [1.165, 1.54) is 12.0 Å². The van der Waals surface area contributed by atoms with Gasteiger partial charge in [0, 0.05) is 17.5 Å². The van der Waals surface area contributed by atoms with Gasteiger partial charge in [-0.2, -0.15) is 0 Å². The van der Waals surface area contributed by atoms with E-state index in [9.17, 15) is 19.2 Å². The fourth-order valence-electron chi connectivity index (χ4n) is 3.70. The number of piperazine rings is 1. The highest BCUT2D eigenvalue weighted by molar-refractivity contribution is 7.98. The van der Waals surface area contributed by atoms with Gasteiger partial charge in [0.25, 0.3) is 5.91 Å². The zero-order valence-electron chi connectivity index (χ0n) is 16.1. The number of carboxylic acids is 1. The van der Waals surface area contributed by atoms with Crippen LogP contribution in [-0.4, -0.2) is 71.7 Å². The molecule has 0 saturated carbocycles. The van der Waals surface area contributed by atoms with Crippen molar-refractivity contribution in [2.75, 3.05) is 19.9 Å². The van der Waals surface area contributed by atoms with E-state index in [4.69, 9.17) is 9.84 Å². The third kappa shape index (κ3) is 4.47. The summed E-state index contributed by atoms with van der Waals surface area (Å²) in [6.45, 7) is 0.278. The Morgan fingerprint density at radius 1 is 1.38 bits per heavy atom. The minimum atomic E-state index is -1.15. The number of thioether (sulfide) groups is 1. The van der Waals surface area contributed by atoms with Crippen LogP contribution in [0.3, 0.4) is 0 Å². The van der Waals surface area contributed by atoms with E-state index in [1.54, 1.807) is 23.9 Å². The molecule has 0 unspecified atom stereocenters. The average Bonchev–Trinajstić information content (AvgIpc) is 2.70. The minimum Gasteiger partial charge on any atom is -0.496 e. The first-order valence-electron chi connectivity index (χ1n) is 9.19. The predicted octanol–water partition coefficient (Wildman–Crippen LogP) is 0.480. The van der Waals surface area contributed by atoms with E-state index in [-0.39, 0.29) is 24.9 Å². The van der Waals surface area contributed by atoms with Crippen molar-refractivity contribution in [1.82, 2.24) is 15.5 Å². The van der Waals surface area contributed by atoms with E-state index in [1.807, 2.05) is 12.3 Å². The number of hydrogen-bond acceptors (Lipinski definition) is 6. The molecule has 1 aromatic rings. The molecule has 3 rings (SSSR count). The first kappa shape index (κ1) is 21.0. The highest BCUT2D eigenvalue weighted by Gasteiger charge is 2.44. The number of carboxylic acid groups (broad SMARTS) is 1. The summed E-state index contributed by atoms with van der Waals surface area (Å²) in [6, 6.07) is 3.28. The summed E-state index contributed by atoms with van der Waals surface area (Å²) in [4.78, 5) is 50.9. The van der Waals surface area contributed by atoms with Gasteiger partial charge in [-0.25, -0.2) is 0 Å². The number of piperidine rings is 1. The largest absolute Gasteiger partial charge is 0.496 e. The Balaban J connectivity index is 1.67. The molecule has 1 aromatic carbocycles. The molecule has 0 bridgehead atoms. The Bertz CT molecular complexity index is 845. The van der Waals surface area contributed by atoms with Crippen LogP contribution in [0.2, 0.25) is 0 Å². The highest BCUT2D eigenvalue weighted by atomic mass is 32.2. The third-order valence-corrected chi connectivity index (χ3v) is 5.90. The van der Waals surface area contributed by atoms with E-state index in [0.717, 1.165) is 4.90 Å². The van der Waals surface area contributed by atoms with Crippen LogP contribution >= 0.6 is 11.8 Å². The number of carbonyl (C=O) groups excluding carboxylic acids is 3. The molecule has 2 heterocycles. The Hall–Kier alpha value is -2.75. The smallest absolute Gasteiger partial charge is 0.305 e. The predicted molar refractivity (Wildman–Crippen MR) is 105 cm³/mol. The highest BCUT2D eigenvalue weighted by Crippen LogP contribution is 2.27. The lowest BCUT2D eigenvalue weighted by molar-refractivity contribution is -0.154. The number of benzene rings is 1. The molecule has 29 heavy (non-hydrogen) atoms. The van der Waals surface area contributed by atoms with Crippen molar-refractivity contribution < 1.29 is 29.0 Å². The van der Waals surface area contributed by atoms with Crippen molar-refractivity contribution in [3.05, 3.63) is 23.8 Å². The lowest BCUT2D eigenvalue weighted by Gasteiger charge is -2.43. The van der Waals surface area contributed by atoms with Gasteiger partial charge < -0.3 is 25.4 Å². The van der Waals surface area contributed by atoms with Crippen LogP contribution < -0.4 is 15.4 Å². The van der Waals surface area contributed by atoms with Gasteiger partial charge >= 0.3 is 5.97 Å². The van der Waals surface area contributed by atoms with Gasteiger partial charge in [-0.15, -0.1) is 11.8 Å². The number of nitrogens with zero attached hydrogens (tertiary/aromatic N) is 1. The summed E-state index contributed by atoms with van der Waals surface area (Å²) in [5.74, 6) is -1.77. The van der Waals surface area contributed by atoms with Gasteiger partial charge in [-0.3, -0.25) is 19.2 Å². The van der Waals surface area contributed by atoms with Gasteiger partial charge in [0.05, 0.1) is 19.1 Å². The molecule has 10 heteroatoms. The average molecular weight is 421 g/mol. The van der Waals surface area contributed by atoms with Crippen LogP contribution in [0.1, 0.15) is 29.6 Å². The van der Waals surface area contributed by atoms with Crippen molar-refractivity contribution in [2.45, 2.75) is 42.3 Å². The first-order valence-corrected chi connectivity index (χ1v) is 10.4. The lowest BCUT2D eigenvalue weighted by atomic mass is 9.92. The van der Waals surface area contributed by atoms with Gasteiger partial charge in [-0.1, -0.05) is 0 Å². The monoisotopic (exact) mass is 421 g/mol. The molecule has 3 amide bonds. The number of fused-ring (bicyclic) bond motifs is 1. The maximum atomic E-state index is 12.7. The number of ether oxygens (including phenoxy) is 1. The standard InChI is InChI=1S/C19H23N3O6S/c1-28-15-8-11(29-2)3-4-12(15)17(25)20-10-5-6-22-14(7-10)18(26)21-13(19(22)27)9-16(23)24/h3-4,8,10,13-14H,5-7,9H2,1-2H3,(H,20,25)(H,21,26)(H,23,24)/t10-,13-,14+/m1/s1. The summed E-state index contributed by atoms with van der Waals surface area (Å²) < 4.78 is 5.32. The number of hydrogen-bond donors (Lipinski definition) is 3. The fourth-order valence-corrected chi connectivity index (χ4v) is 4.13. The number of aliphatic carboxylic acids is 1. The van der Waals surface area contributed by atoms with Crippen molar-refractivity contribution in [2.24, 2.45) is 0 Å². The first-order chi connectivity index (χ1) is 13.8. The van der Waals surface area contributed by atoms with Crippen molar-refractivity contribution in [3.63, 3.8) is 0 Å². The Morgan fingerprint density at radius 2 is 2.14 bits per heavy atom. The van der Waals surface area contributed by atoms with Crippen LogP contribution in [-0.2, 0) is 14.4 Å². The molecule has 2 saturated heterocycles. The molecule has 3 atom stereocenters.